The number of benzene rings is 1. The second kappa shape index (κ2) is 9.28. The van der Waals surface area contributed by atoms with Gasteiger partial charge in [-0.2, -0.15) is 5.10 Å². The Morgan fingerprint density at radius 2 is 2.14 bits per heavy atom. The van der Waals surface area contributed by atoms with Crippen LogP contribution in [0.4, 0.5) is 0 Å². The van der Waals surface area contributed by atoms with Gasteiger partial charge in [-0.1, -0.05) is 37.6 Å². The number of rotatable bonds is 6. The summed E-state index contributed by atoms with van der Waals surface area (Å²) >= 11 is 6.15. The minimum atomic E-state index is -0.0553. The summed E-state index contributed by atoms with van der Waals surface area (Å²) in [5.41, 5.74) is 0. The molecule has 2 heterocycles. The van der Waals surface area contributed by atoms with Gasteiger partial charge < -0.3 is 15.4 Å². The number of para-hydroxylation sites is 1. The lowest BCUT2D eigenvalue weighted by atomic mass is 10.1. The van der Waals surface area contributed by atoms with Crippen molar-refractivity contribution >= 4 is 17.6 Å². The summed E-state index contributed by atoms with van der Waals surface area (Å²) in [7, 11) is 1.77. The Hall–Kier alpha value is -2.28. The molecule has 3 rings (SSSR count). The number of halogens is 1. The molecule has 0 bridgehead atoms. The van der Waals surface area contributed by atoms with Crippen molar-refractivity contribution in [2.45, 2.75) is 58.2 Å². The third kappa shape index (κ3) is 5.16. The Kier molecular flexibility index (Phi) is 6.78. The van der Waals surface area contributed by atoms with Gasteiger partial charge in [0.25, 0.3) is 0 Å². The van der Waals surface area contributed by atoms with Crippen LogP contribution in [0.2, 0.25) is 5.02 Å². The van der Waals surface area contributed by atoms with E-state index in [2.05, 4.69) is 39.6 Å². The highest BCUT2D eigenvalue weighted by Crippen LogP contribution is 2.24. The second-order valence-electron chi connectivity index (χ2n) is 7.41. The molecule has 2 N–H and O–H groups in total. The summed E-state index contributed by atoms with van der Waals surface area (Å²) in [5, 5.41) is 12.1. The molecule has 2 atom stereocenters. The van der Waals surface area contributed by atoms with Crippen molar-refractivity contribution in [3.8, 4) is 5.75 Å². The van der Waals surface area contributed by atoms with Crippen molar-refractivity contribution in [3.63, 3.8) is 0 Å². The molecular formula is C20H29ClN6O. The fraction of sp³-hybridized carbons (Fsp3) is 0.550. The summed E-state index contributed by atoms with van der Waals surface area (Å²) in [6, 6.07) is 7.76. The first-order chi connectivity index (χ1) is 13.5. The first-order valence-electron chi connectivity index (χ1n) is 9.78. The van der Waals surface area contributed by atoms with E-state index >= 15 is 0 Å². The van der Waals surface area contributed by atoms with Crippen LogP contribution in [0, 0.1) is 0 Å². The summed E-state index contributed by atoms with van der Waals surface area (Å²) in [5.74, 6) is 3.79. The van der Waals surface area contributed by atoms with Crippen LogP contribution in [0.1, 0.15) is 44.8 Å². The molecule has 1 aliphatic heterocycles. The van der Waals surface area contributed by atoms with Gasteiger partial charge in [0.05, 0.1) is 18.1 Å². The van der Waals surface area contributed by atoms with Crippen LogP contribution in [0.25, 0.3) is 0 Å². The molecule has 0 amide bonds. The van der Waals surface area contributed by atoms with Crippen molar-refractivity contribution < 1.29 is 4.74 Å². The predicted molar refractivity (Wildman–Crippen MR) is 112 cm³/mol. The van der Waals surface area contributed by atoms with Gasteiger partial charge in [0, 0.05) is 25.4 Å². The number of aliphatic imine (C=N–C) groups is 1. The summed E-state index contributed by atoms with van der Waals surface area (Å²) in [6.07, 6.45) is 1.86. The van der Waals surface area contributed by atoms with E-state index in [0.29, 0.717) is 23.2 Å². The van der Waals surface area contributed by atoms with E-state index < -0.39 is 0 Å². The quantitative estimate of drug-likeness (QED) is 0.571. The lowest BCUT2D eigenvalue weighted by Crippen LogP contribution is -2.48. The maximum Gasteiger partial charge on any atom is 0.191 e. The van der Waals surface area contributed by atoms with Gasteiger partial charge in [-0.3, -0.25) is 4.99 Å². The fourth-order valence-corrected chi connectivity index (χ4v) is 3.30. The monoisotopic (exact) mass is 404 g/mol. The third-order valence-electron chi connectivity index (χ3n) is 4.68. The summed E-state index contributed by atoms with van der Waals surface area (Å²) in [6.45, 7) is 7.65. The highest BCUT2D eigenvalue weighted by Gasteiger charge is 2.23. The third-order valence-corrected chi connectivity index (χ3v) is 4.99. The Morgan fingerprint density at radius 3 is 2.86 bits per heavy atom. The predicted octanol–water partition coefficient (Wildman–Crippen LogP) is 3.00. The molecule has 1 aromatic heterocycles. The zero-order valence-electron chi connectivity index (χ0n) is 16.9. The van der Waals surface area contributed by atoms with Crippen molar-refractivity contribution in [1.29, 1.82) is 0 Å². The number of hydrogen-bond donors (Lipinski definition) is 2. The number of nitrogens with one attached hydrogen (secondary N) is 2. The topological polar surface area (TPSA) is 76.4 Å². The van der Waals surface area contributed by atoms with E-state index in [1.54, 1.807) is 7.05 Å². The maximum absolute atomic E-state index is 6.15. The molecule has 1 aliphatic rings. The maximum atomic E-state index is 6.15. The van der Waals surface area contributed by atoms with E-state index in [9.17, 15) is 0 Å². The normalized spacial score (nSPS) is 17.9. The van der Waals surface area contributed by atoms with Crippen LogP contribution >= 0.6 is 11.6 Å². The molecule has 0 saturated heterocycles. The zero-order chi connectivity index (χ0) is 20.1. The molecule has 7 nitrogen and oxygen atoms in total. The largest absolute Gasteiger partial charge is 0.487 e. The Labute approximate surface area is 171 Å². The average molecular weight is 405 g/mol. The molecule has 2 unspecified atom stereocenters. The molecule has 1 aromatic carbocycles. The molecule has 0 radical (unpaired) electrons. The molecule has 2 aromatic rings. The number of ether oxygens (including phenoxy) is 1. The SMILES string of the molecule is CN=C(NCC(C)Oc1ccccc1Cl)NC1CCc2nc(C(C)C)nn2C1. The van der Waals surface area contributed by atoms with Crippen LogP contribution < -0.4 is 15.4 Å². The highest BCUT2D eigenvalue weighted by molar-refractivity contribution is 6.32. The van der Waals surface area contributed by atoms with Gasteiger partial charge in [0.1, 0.15) is 17.7 Å². The molecule has 152 valence electrons. The molecule has 28 heavy (non-hydrogen) atoms. The number of nitrogens with zero attached hydrogens (tertiary/aromatic N) is 4. The number of aromatic nitrogens is 3. The lowest BCUT2D eigenvalue weighted by Gasteiger charge is -2.26. The Balaban J connectivity index is 1.50. The molecule has 0 aliphatic carbocycles. The van der Waals surface area contributed by atoms with Crippen LogP contribution in [0.15, 0.2) is 29.3 Å². The summed E-state index contributed by atoms with van der Waals surface area (Å²) < 4.78 is 7.92. The van der Waals surface area contributed by atoms with E-state index in [-0.39, 0.29) is 12.1 Å². The smallest absolute Gasteiger partial charge is 0.191 e. The molecule has 0 spiro atoms. The average Bonchev–Trinajstić information content (AvgIpc) is 3.10. The number of aryl methyl sites for hydroxylation is 1. The van der Waals surface area contributed by atoms with Crippen LogP contribution in [0.3, 0.4) is 0 Å². The van der Waals surface area contributed by atoms with Gasteiger partial charge in [-0.25, -0.2) is 9.67 Å². The Morgan fingerprint density at radius 1 is 1.36 bits per heavy atom. The van der Waals surface area contributed by atoms with Crippen LogP contribution in [0.5, 0.6) is 5.75 Å². The standard InChI is InChI=1S/C20H29ClN6O/c1-13(2)19-25-18-10-9-15(12-27(18)26-19)24-20(22-4)23-11-14(3)28-17-8-6-5-7-16(17)21/h5-8,13-15H,9-12H2,1-4H3,(H2,22,23,24). The zero-order valence-corrected chi connectivity index (χ0v) is 17.7. The second-order valence-corrected chi connectivity index (χ2v) is 7.82. The van der Waals surface area contributed by atoms with Crippen molar-refractivity contribution in [2.24, 2.45) is 4.99 Å². The Bertz CT molecular complexity index is 819. The van der Waals surface area contributed by atoms with Gasteiger partial charge in [0.15, 0.2) is 11.8 Å². The first-order valence-corrected chi connectivity index (χ1v) is 10.2. The minimum Gasteiger partial charge on any atom is -0.487 e. The summed E-state index contributed by atoms with van der Waals surface area (Å²) in [4.78, 5) is 8.98. The van der Waals surface area contributed by atoms with Gasteiger partial charge in [0.2, 0.25) is 0 Å². The van der Waals surface area contributed by atoms with E-state index in [1.807, 2.05) is 35.9 Å². The number of guanidine groups is 1. The first kappa shape index (κ1) is 20.5. The number of hydrogen-bond acceptors (Lipinski definition) is 4. The van der Waals surface area contributed by atoms with Crippen molar-refractivity contribution in [3.05, 3.63) is 40.9 Å². The minimum absolute atomic E-state index is 0.0553. The lowest BCUT2D eigenvalue weighted by molar-refractivity contribution is 0.223. The molecule has 0 saturated carbocycles. The van der Waals surface area contributed by atoms with Gasteiger partial charge in [-0.05, 0) is 25.5 Å². The number of fused-ring (bicyclic) bond motifs is 1. The van der Waals surface area contributed by atoms with Crippen LogP contribution in [-0.2, 0) is 13.0 Å². The van der Waals surface area contributed by atoms with Crippen LogP contribution in [-0.4, -0.2) is 46.5 Å². The highest BCUT2D eigenvalue weighted by atomic mass is 35.5. The van der Waals surface area contributed by atoms with Gasteiger partial charge in [-0.15, -0.1) is 0 Å². The van der Waals surface area contributed by atoms with Crippen molar-refractivity contribution in [1.82, 2.24) is 25.4 Å². The molecule has 0 fully saturated rings. The van der Waals surface area contributed by atoms with E-state index in [4.69, 9.17) is 16.3 Å². The molecular weight excluding hydrogens is 376 g/mol. The fourth-order valence-electron chi connectivity index (χ4n) is 3.12. The van der Waals surface area contributed by atoms with Crippen molar-refractivity contribution in [2.75, 3.05) is 13.6 Å². The van der Waals surface area contributed by atoms with E-state index in [1.165, 1.54) is 0 Å². The van der Waals surface area contributed by atoms with E-state index in [0.717, 1.165) is 37.0 Å². The van der Waals surface area contributed by atoms with Gasteiger partial charge >= 0.3 is 0 Å². The molecule has 8 heteroatoms.